The zero-order valence-corrected chi connectivity index (χ0v) is 16.0. The highest BCUT2D eigenvalue weighted by Crippen LogP contribution is 2.23. The number of ether oxygens (including phenoxy) is 2. The molecule has 0 bridgehead atoms. The van der Waals surface area contributed by atoms with Gasteiger partial charge in [0.2, 0.25) is 5.91 Å². The molecule has 0 aromatic heterocycles. The molecule has 144 valence electrons. The van der Waals surface area contributed by atoms with E-state index >= 15 is 0 Å². The van der Waals surface area contributed by atoms with E-state index in [1.165, 1.54) is 6.92 Å². The van der Waals surface area contributed by atoms with E-state index in [0.717, 1.165) is 4.90 Å². The van der Waals surface area contributed by atoms with Gasteiger partial charge in [-0.3, -0.25) is 4.79 Å². The van der Waals surface area contributed by atoms with E-state index in [-0.39, 0.29) is 18.6 Å². The third kappa shape index (κ3) is 5.59. The van der Waals surface area contributed by atoms with Crippen LogP contribution in [0.25, 0.3) is 0 Å². The number of imide groups is 1. The first-order chi connectivity index (χ1) is 11.3. The highest BCUT2D eigenvalue weighted by molar-refractivity contribution is 5.95. The first-order valence-corrected chi connectivity index (χ1v) is 8.52. The Morgan fingerprint density at radius 3 is 2.32 bits per heavy atom. The molecule has 1 aliphatic heterocycles. The smallest absolute Gasteiger partial charge is 0.416 e. The SMILES string of the molecule is CC(C)[C@H]1COC(=O)N1C(=O)[C@@H](C)[C@H](O)[C@H](C)NC(=O)OC(C)(C)C. The minimum Gasteiger partial charge on any atom is -0.447 e. The molecule has 0 radical (unpaired) electrons. The van der Waals surface area contributed by atoms with Gasteiger partial charge in [0.05, 0.1) is 24.1 Å². The molecule has 0 unspecified atom stereocenters. The van der Waals surface area contributed by atoms with Gasteiger partial charge < -0.3 is 19.9 Å². The van der Waals surface area contributed by atoms with E-state index in [4.69, 9.17) is 9.47 Å². The van der Waals surface area contributed by atoms with Gasteiger partial charge in [-0.25, -0.2) is 14.5 Å². The molecule has 0 aliphatic carbocycles. The molecule has 3 amide bonds. The molecule has 1 heterocycles. The van der Waals surface area contributed by atoms with Crippen LogP contribution in [0.15, 0.2) is 0 Å². The summed E-state index contributed by atoms with van der Waals surface area (Å²) < 4.78 is 10.1. The molecule has 1 saturated heterocycles. The van der Waals surface area contributed by atoms with Gasteiger partial charge >= 0.3 is 12.2 Å². The van der Waals surface area contributed by atoms with E-state index in [1.54, 1.807) is 27.7 Å². The average Bonchev–Trinajstić information content (AvgIpc) is 2.84. The number of aliphatic hydroxyl groups is 1. The quantitative estimate of drug-likeness (QED) is 0.778. The Kier molecular flexibility index (Phi) is 6.82. The summed E-state index contributed by atoms with van der Waals surface area (Å²) in [5.41, 5.74) is -0.667. The van der Waals surface area contributed by atoms with Gasteiger partial charge in [-0.1, -0.05) is 20.8 Å². The van der Waals surface area contributed by atoms with E-state index < -0.39 is 41.8 Å². The van der Waals surface area contributed by atoms with E-state index in [9.17, 15) is 19.5 Å². The summed E-state index contributed by atoms with van der Waals surface area (Å²) >= 11 is 0. The number of carbonyl (C=O) groups excluding carboxylic acids is 3. The maximum absolute atomic E-state index is 12.7. The van der Waals surface area contributed by atoms with E-state index in [2.05, 4.69) is 5.32 Å². The van der Waals surface area contributed by atoms with Gasteiger partial charge in [0.25, 0.3) is 0 Å². The Hall–Kier alpha value is -1.83. The number of hydrogen-bond acceptors (Lipinski definition) is 6. The number of alkyl carbamates (subject to hydrolysis) is 1. The summed E-state index contributed by atoms with van der Waals surface area (Å²) in [5.74, 6) is -1.37. The van der Waals surface area contributed by atoms with Crippen LogP contribution in [0.1, 0.15) is 48.5 Å². The summed E-state index contributed by atoms with van der Waals surface area (Å²) in [5, 5.41) is 12.9. The number of carbonyl (C=O) groups is 3. The number of cyclic esters (lactones) is 1. The number of amides is 3. The standard InChI is InChI=1S/C17H30N2O6/c1-9(2)12-8-24-16(23)19(12)14(21)10(3)13(20)11(4)18-15(22)25-17(5,6)7/h9-13,20H,8H2,1-7H3,(H,18,22)/t10-,11-,12+,13-/m0/s1. The van der Waals surface area contributed by atoms with Crippen molar-refractivity contribution in [3.05, 3.63) is 0 Å². The highest BCUT2D eigenvalue weighted by atomic mass is 16.6. The first kappa shape index (κ1) is 21.2. The Morgan fingerprint density at radius 2 is 1.84 bits per heavy atom. The van der Waals surface area contributed by atoms with Crippen LogP contribution >= 0.6 is 0 Å². The lowest BCUT2D eigenvalue weighted by Crippen LogP contribution is -2.52. The summed E-state index contributed by atoms with van der Waals surface area (Å²) in [4.78, 5) is 37.4. The van der Waals surface area contributed by atoms with Gasteiger partial charge in [-0.05, 0) is 33.6 Å². The third-order valence-electron chi connectivity index (χ3n) is 4.07. The van der Waals surface area contributed by atoms with Gasteiger partial charge in [0.1, 0.15) is 12.2 Å². The van der Waals surface area contributed by atoms with Gasteiger partial charge in [-0.2, -0.15) is 0 Å². The largest absolute Gasteiger partial charge is 0.447 e. The predicted molar refractivity (Wildman–Crippen MR) is 90.8 cm³/mol. The summed E-state index contributed by atoms with van der Waals surface area (Å²) in [6, 6.07) is -1.09. The lowest BCUT2D eigenvalue weighted by atomic mass is 9.95. The zero-order valence-electron chi connectivity index (χ0n) is 16.0. The molecule has 2 N–H and O–H groups in total. The number of hydrogen-bond donors (Lipinski definition) is 2. The second kappa shape index (κ2) is 8.03. The Balaban J connectivity index is 2.73. The highest BCUT2D eigenvalue weighted by Gasteiger charge is 2.43. The number of nitrogens with zero attached hydrogens (tertiary/aromatic N) is 1. The topological polar surface area (TPSA) is 105 Å². The van der Waals surface area contributed by atoms with Crippen molar-refractivity contribution in [3.63, 3.8) is 0 Å². The van der Waals surface area contributed by atoms with Gasteiger partial charge in [0.15, 0.2) is 0 Å². The van der Waals surface area contributed by atoms with Crippen LogP contribution in [0.2, 0.25) is 0 Å². The molecule has 1 rings (SSSR count). The van der Waals surface area contributed by atoms with Gasteiger partial charge in [-0.15, -0.1) is 0 Å². The molecule has 4 atom stereocenters. The zero-order chi connectivity index (χ0) is 19.5. The molecule has 1 fully saturated rings. The minimum atomic E-state index is -1.18. The Bertz CT molecular complexity index is 514. The number of aliphatic hydroxyl groups excluding tert-OH is 1. The molecule has 0 aromatic rings. The normalized spacial score (nSPS) is 21.6. The van der Waals surface area contributed by atoms with Crippen molar-refractivity contribution >= 4 is 18.1 Å². The Morgan fingerprint density at radius 1 is 1.28 bits per heavy atom. The minimum absolute atomic E-state index is 0.0389. The summed E-state index contributed by atoms with van der Waals surface area (Å²) in [7, 11) is 0. The van der Waals surface area contributed by atoms with Crippen molar-refractivity contribution < 1.29 is 29.0 Å². The van der Waals surface area contributed by atoms with Crippen molar-refractivity contribution in [1.29, 1.82) is 0 Å². The molecule has 0 aromatic carbocycles. The molecule has 8 heteroatoms. The van der Waals surface area contributed by atoms with Crippen LogP contribution in [0.3, 0.4) is 0 Å². The molecule has 1 aliphatic rings. The molecular weight excluding hydrogens is 328 g/mol. The van der Waals surface area contributed by atoms with Crippen LogP contribution in [0.5, 0.6) is 0 Å². The molecule has 25 heavy (non-hydrogen) atoms. The number of rotatable bonds is 5. The fraction of sp³-hybridized carbons (Fsp3) is 0.824. The molecular formula is C17H30N2O6. The van der Waals surface area contributed by atoms with Crippen molar-refractivity contribution in [2.45, 2.75) is 72.3 Å². The second-order valence-electron chi connectivity index (χ2n) is 7.81. The summed E-state index contributed by atoms with van der Waals surface area (Å²) in [6.45, 7) is 12.2. The van der Waals surface area contributed by atoms with Gasteiger partial charge in [0, 0.05) is 0 Å². The lowest BCUT2D eigenvalue weighted by Gasteiger charge is -2.30. The average molecular weight is 358 g/mol. The molecule has 8 nitrogen and oxygen atoms in total. The van der Waals surface area contributed by atoms with Crippen molar-refractivity contribution in [1.82, 2.24) is 10.2 Å². The maximum atomic E-state index is 12.7. The fourth-order valence-corrected chi connectivity index (χ4v) is 2.56. The first-order valence-electron chi connectivity index (χ1n) is 8.52. The lowest BCUT2D eigenvalue weighted by molar-refractivity contribution is -0.137. The predicted octanol–water partition coefficient (Wildman–Crippen LogP) is 1.90. The van der Waals surface area contributed by atoms with E-state index in [1.807, 2.05) is 13.8 Å². The molecule has 0 saturated carbocycles. The van der Waals surface area contributed by atoms with Crippen molar-refractivity contribution in [3.8, 4) is 0 Å². The van der Waals surface area contributed by atoms with Crippen LogP contribution in [0.4, 0.5) is 9.59 Å². The van der Waals surface area contributed by atoms with Crippen LogP contribution in [0, 0.1) is 11.8 Å². The third-order valence-corrected chi connectivity index (χ3v) is 4.07. The Labute approximate surface area is 148 Å². The summed E-state index contributed by atoms with van der Waals surface area (Å²) in [6.07, 6.45) is -2.56. The van der Waals surface area contributed by atoms with Crippen LogP contribution in [-0.4, -0.2) is 58.5 Å². The van der Waals surface area contributed by atoms with Crippen molar-refractivity contribution in [2.75, 3.05) is 6.61 Å². The molecule has 0 spiro atoms. The maximum Gasteiger partial charge on any atom is 0.416 e. The fourth-order valence-electron chi connectivity index (χ4n) is 2.56. The van der Waals surface area contributed by atoms with Crippen LogP contribution < -0.4 is 5.32 Å². The monoisotopic (exact) mass is 358 g/mol. The number of nitrogens with one attached hydrogen (secondary N) is 1. The van der Waals surface area contributed by atoms with Crippen molar-refractivity contribution in [2.24, 2.45) is 11.8 Å². The van der Waals surface area contributed by atoms with Crippen LogP contribution in [-0.2, 0) is 14.3 Å². The van der Waals surface area contributed by atoms with E-state index in [0.29, 0.717) is 0 Å². The second-order valence-corrected chi connectivity index (χ2v) is 7.81.